The van der Waals surface area contributed by atoms with Gasteiger partial charge in [0.1, 0.15) is 11.6 Å². The van der Waals surface area contributed by atoms with Crippen LogP contribution in [0.4, 0.5) is 5.82 Å². The van der Waals surface area contributed by atoms with Gasteiger partial charge in [0, 0.05) is 24.0 Å². The molecule has 0 aliphatic rings. The van der Waals surface area contributed by atoms with Crippen molar-refractivity contribution in [2.24, 2.45) is 0 Å². The molecule has 2 aromatic heterocycles. The number of rotatable bonds is 7. The Morgan fingerprint density at radius 2 is 1.88 bits per heavy atom. The smallest absolute Gasteiger partial charge is 0.338 e. The lowest BCUT2D eigenvalue weighted by Crippen LogP contribution is -2.32. The predicted octanol–water partition coefficient (Wildman–Crippen LogP) is 3.13. The van der Waals surface area contributed by atoms with E-state index in [1.165, 1.54) is 10.7 Å². The van der Waals surface area contributed by atoms with Crippen LogP contribution in [-0.4, -0.2) is 37.7 Å². The van der Waals surface area contributed by atoms with Gasteiger partial charge in [-0.3, -0.25) is 14.7 Å². The fraction of sp³-hybridized carbons (Fsp3) is 0.130. The molecule has 9 nitrogen and oxygen atoms in total. The molecule has 2 heterocycles. The van der Waals surface area contributed by atoms with Crippen LogP contribution < -0.4 is 10.9 Å². The van der Waals surface area contributed by atoms with Gasteiger partial charge in [0.05, 0.1) is 11.3 Å². The Balaban J connectivity index is 1.42. The fourth-order valence-corrected chi connectivity index (χ4v) is 3.15. The zero-order chi connectivity index (χ0) is 22.5. The van der Waals surface area contributed by atoms with Gasteiger partial charge in [0.2, 0.25) is 0 Å². The molecular formula is C23H21N5O4. The summed E-state index contributed by atoms with van der Waals surface area (Å²) in [6.45, 7) is 1.73. The number of ether oxygens (including phenoxy) is 1. The van der Waals surface area contributed by atoms with Gasteiger partial charge in [-0.05, 0) is 30.7 Å². The van der Waals surface area contributed by atoms with E-state index in [9.17, 15) is 14.4 Å². The number of carbonyl (C=O) groups excluding carboxylic acids is 2. The number of amides is 1. The molecular weight excluding hydrogens is 410 g/mol. The summed E-state index contributed by atoms with van der Waals surface area (Å²) in [7, 11) is 0. The number of imidazole rings is 1. The number of carbonyl (C=O) groups is 2. The maximum absolute atomic E-state index is 12.6. The predicted molar refractivity (Wildman–Crippen MR) is 119 cm³/mol. The van der Waals surface area contributed by atoms with Crippen LogP contribution in [0.3, 0.4) is 0 Å². The lowest BCUT2D eigenvalue weighted by Gasteiger charge is -2.15. The number of aromatic nitrogens is 4. The molecule has 0 aliphatic carbocycles. The summed E-state index contributed by atoms with van der Waals surface area (Å²) in [4.78, 5) is 44.5. The molecule has 4 aromatic rings. The van der Waals surface area contributed by atoms with Crippen molar-refractivity contribution in [2.45, 2.75) is 19.4 Å². The van der Waals surface area contributed by atoms with Gasteiger partial charge in [0.25, 0.3) is 11.5 Å². The average Bonchev–Trinajstić information content (AvgIpc) is 3.48. The quantitative estimate of drug-likeness (QED) is 0.388. The van der Waals surface area contributed by atoms with Gasteiger partial charge < -0.3 is 15.0 Å². The fourth-order valence-electron chi connectivity index (χ4n) is 3.15. The third-order valence-electron chi connectivity index (χ3n) is 4.80. The first-order valence-electron chi connectivity index (χ1n) is 10.0. The number of anilines is 1. The number of esters is 1. The molecule has 4 rings (SSSR count). The second-order valence-corrected chi connectivity index (χ2v) is 6.99. The maximum Gasteiger partial charge on any atom is 0.338 e. The average molecular weight is 431 g/mol. The number of benzene rings is 2. The number of aromatic amines is 2. The van der Waals surface area contributed by atoms with E-state index in [1.807, 2.05) is 6.07 Å². The highest BCUT2D eigenvalue weighted by atomic mass is 16.5. The number of H-pyrrole nitrogens is 2. The van der Waals surface area contributed by atoms with Crippen LogP contribution >= 0.6 is 0 Å². The third kappa shape index (κ3) is 4.51. The Kier molecular flexibility index (Phi) is 5.98. The van der Waals surface area contributed by atoms with Gasteiger partial charge in [-0.15, -0.1) is 0 Å². The number of nitrogens with one attached hydrogen (secondary N) is 3. The standard InChI is InChI=1S/C23H21N5O4/c1-2-18(32-23(31)16-10-8-15(9-11-16)21-24-12-13-25-21)22(30)26-19-14-20(29)28(27-19)17-6-4-3-5-7-17/h3-14,18,27H,2H2,1H3,(H,24,25)(H,26,30). The molecule has 2 aromatic carbocycles. The normalized spacial score (nSPS) is 11.7. The molecule has 0 spiro atoms. The van der Waals surface area contributed by atoms with Gasteiger partial charge in [-0.2, -0.15) is 0 Å². The minimum Gasteiger partial charge on any atom is -0.449 e. The van der Waals surface area contributed by atoms with E-state index in [-0.39, 0.29) is 17.8 Å². The second-order valence-electron chi connectivity index (χ2n) is 6.99. The Labute approximate surface area is 183 Å². The van der Waals surface area contributed by atoms with Crippen LogP contribution in [0, 0.1) is 0 Å². The molecule has 0 saturated carbocycles. The van der Waals surface area contributed by atoms with E-state index in [2.05, 4.69) is 20.4 Å². The summed E-state index contributed by atoms with van der Waals surface area (Å²) in [6, 6.07) is 16.9. The van der Waals surface area contributed by atoms with Gasteiger partial charge in [0.15, 0.2) is 6.10 Å². The Bertz CT molecular complexity index is 1260. The first kappa shape index (κ1) is 20.9. The molecule has 3 N–H and O–H groups in total. The summed E-state index contributed by atoms with van der Waals surface area (Å²) in [5, 5.41) is 5.44. The Morgan fingerprint density at radius 3 is 2.53 bits per heavy atom. The second kappa shape index (κ2) is 9.17. The van der Waals surface area contributed by atoms with E-state index in [0.717, 1.165) is 5.56 Å². The molecule has 9 heteroatoms. The molecule has 162 valence electrons. The van der Waals surface area contributed by atoms with Gasteiger partial charge in [-0.1, -0.05) is 37.3 Å². The summed E-state index contributed by atoms with van der Waals surface area (Å²) in [5.41, 5.74) is 1.45. The minimum absolute atomic E-state index is 0.209. The van der Waals surface area contributed by atoms with Crippen molar-refractivity contribution < 1.29 is 14.3 Å². The number of hydrogen-bond donors (Lipinski definition) is 3. The highest BCUT2D eigenvalue weighted by Crippen LogP contribution is 2.16. The largest absolute Gasteiger partial charge is 0.449 e. The lowest BCUT2D eigenvalue weighted by molar-refractivity contribution is -0.124. The van der Waals surface area contributed by atoms with Gasteiger partial charge in [-0.25, -0.2) is 14.5 Å². The zero-order valence-electron chi connectivity index (χ0n) is 17.2. The van der Waals surface area contributed by atoms with Crippen molar-refractivity contribution >= 4 is 17.7 Å². The first-order chi connectivity index (χ1) is 15.5. The molecule has 0 bridgehead atoms. The van der Waals surface area contributed by atoms with Crippen molar-refractivity contribution in [3.63, 3.8) is 0 Å². The van der Waals surface area contributed by atoms with E-state index >= 15 is 0 Å². The van der Waals surface area contributed by atoms with Crippen molar-refractivity contribution in [3.05, 3.63) is 89.0 Å². The van der Waals surface area contributed by atoms with E-state index < -0.39 is 18.0 Å². The SMILES string of the molecule is CCC(OC(=O)c1ccc(-c2ncc[nH]2)cc1)C(=O)Nc1cc(=O)n(-c2ccccc2)[nH]1. The molecule has 0 saturated heterocycles. The molecule has 1 unspecified atom stereocenters. The van der Waals surface area contributed by atoms with Crippen LogP contribution in [-0.2, 0) is 9.53 Å². The van der Waals surface area contributed by atoms with Crippen LogP contribution in [0.15, 0.2) is 77.9 Å². The Hall–Kier alpha value is -4.40. The van der Waals surface area contributed by atoms with E-state index in [0.29, 0.717) is 17.1 Å². The third-order valence-corrected chi connectivity index (χ3v) is 4.80. The molecule has 0 aliphatic heterocycles. The van der Waals surface area contributed by atoms with Crippen LogP contribution in [0.25, 0.3) is 17.1 Å². The van der Waals surface area contributed by atoms with E-state index in [4.69, 9.17) is 4.74 Å². The van der Waals surface area contributed by atoms with Crippen LogP contribution in [0.5, 0.6) is 0 Å². The van der Waals surface area contributed by atoms with Crippen molar-refractivity contribution in [3.8, 4) is 17.1 Å². The first-order valence-corrected chi connectivity index (χ1v) is 10.0. The van der Waals surface area contributed by atoms with E-state index in [1.54, 1.807) is 67.8 Å². The molecule has 32 heavy (non-hydrogen) atoms. The molecule has 0 fully saturated rings. The minimum atomic E-state index is -1.02. The van der Waals surface area contributed by atoms with Crippen molar-refractivity contribution in [1.29, 1.82) is 0 Å². The highest BCUT2D eigenvalue weighted by molar-refractivity contribution is 5.97. The monoisotopic (exact) mass is 431 g/mol. The lowest BCUT2D eigenvalue weighted by atomic mass is 10.1. The molecule has 1 atom stereocenters. The number of nitrogens with zero attached hydrogens (tertiary/aromatic N) is 2. The van der Waals surface area contributed by atoms with Gasteiger partial charge >= 0.3 is 5.97 Å². The maximum atomic E-state index is 12.6. The highest BCUT2D eigenvalue weighted by Gasteiger charge is 2.23. The van der Waals surface area contributed by atoms with Crippen molar-refractivity contribution in [1.82, 2.24) is 19.7 Å². The number of para-hydroxylation sites is 1. The summed E-state index contributed by atoms with van der Waals surface area (Å²) >= 11 is 0. The summed E-state index contributed by atoms with van der Waals surface area (Å²) < 4.78 is 6.71. The summed E-state index contributed by atoms with van der Waals surface area (Å²) in [6.07, 6.45) is 2.61. The summed E-state index contributed by atoms with van der Waals surface area (Å²) in [5.74, 6) is -0.254. The topological polar surface area (TPSA) is 122 Å². The van der Waals surface area contributed by atoms with Crippen molar-refractivity contribution in [2.75, 3.05) is 5.32 Å². The van der Waals surface area contributed by atoms with Crippen LogP contribution in [0.1, 0.15) is 23.7 Å². The Morgan fingerprint density at radius 1 is 1.12 bits per heavy atom. The molecule has 0 radical (unpaired) electrons. The molecule has 1 amide bonds. The van der Waals surface area contributed by atoms with Crippen LogP contribution in [0.2, 0.25) is 0 Å². The zero-order valence-corrected chi connectivity index (χ0v) is 17.2. The number of hydrogen-bond acceptors (Lipinski definition) is 5.